The average Bonchev–Trinajstić information content (AvgIpc) is 2.70. The molecule has 1 atom stereocenters. The second-order valence-corrected chi connectivity index (χ2v) is 7.80. The molecule has 0 saturated heterocycles. The van der Waals surface area contributed by atoms with E-state index in [1.165, 1.54) is 61.0 Å². The van der Waals surface area contributed by atoms with Crippen molar-refractivity contribution in [1.29, 1.82) is 0 Å². The molecule has 1 heteroatoms. The van der Waals surface area contributed by atoms with E-state index in [4.69, 9.17) is 0 Å². The van der Waals surface area contributed by atoms with Gasteiger partial charge in [-0.05, 0) is 66.4 Å². The highest BCUT2D eigenvalue weighted by Gasteiger charge is 2.21. The standard InChI is InChI=1S/C25H29N/c1-20-8-5-6-13-25(20)24-12-7-9-21(18-24)19-26-16-14-23(15-17-26)22-10-3-2-4-11-22/h2-6,8,10-14,21H,7,9,15-19H2,1H3/t21-/m1/s1. The maximum absolute atomic E-state index is 2.65. The van der Waals surface area contributed by atoms with E-state index < -0.39 is 0 Å². The van der Waals surface area contributed by atoms with Gasteiger partial charge in [0.1, 0.15) is 0 Å². The summed E-state index contributed by atoms with van der Waals surface area (Å²) in [4.78, 5) is 2.65. The molecule has 2 aromatic rings. The molecule has 1 aliphatic carbocycles. The topological polar surface area (TPSA) is 3.24 Å². The third-order valence-electron chi connectivity index (χ3n) is 5.92. The van der Waals surface area contributed by atoms with Crippen molar-refractivity contribution < 1.29 is 0 Å². The Morgan fingerprint density at radius 3 is 2.50 bits per heavy atom. The Balaban J connectivity index is 1.36. The molecular weight excluding hydrogens is 314 g/mol. The maximum Gasteiger partial charge on any atom is 0.0169 e. The number of rotatable bonds is 4. The SMILES string of the molecule is Cc1ccccc1C1=CCC[C@@H](CN2CC=C(c3ccccc3)CC2)C1. The summed E-state index contributed by atoms with van der Waals surface area (Å²) in [6.07, 6.45) is 9.89. The second-order valence-electron chi connectivity index (χ2n) is 7.80. The van der Waals surface area contributed by atoms with E-state index in [0.717, 1.165) is 12.5 Å². The van der Waals surface area contributed by atoms with Crippen LogP contribution in [0, 0.1) is 12.8 Å². The summed E-state index contributed by atoms with van der Waals surface area (Å²) in [7, 11) is 0. The molecule has 0 bridgehead atoms. The zero-order chi connectivity index (χ0) is 17.8. The Bertz CT molecular complexity index is 800. The average molecular weight is 344 g/mol. The van der Waals surface area contributed by atoms with Crippen molar-refractivity contribution in [2.24, 2.45) is 5.92 Å². The fourth-order valence-electron chi connectivity index (χ4n) is 4.46. The van der Waals surface area contributed by atoms with Crippen LogP contribution in [-0.2, 0) is 0 Å². The summed E-state index contributed by atoms with van der Waals surface area (Å²) in [5, 5.41) is 0. The van der Waals surface area contributed by atoms with Crippen LogP contribution in [0.1, 0.15) is 42.4 Å². The first-order chi connectivity index (χ1) is 12.8. The van der Waals surface area contributed by atoms with Crippen LogP contribution >= 0.6 is 0 Å². The van der Waals surface area contributed by atoms with Crippen molar-refractivity contribution in [2.75, 3.05) is 19.6 Å². The lowest BCUT2D eigenvalue weighted by atomic mass is 9.84. The molecule has 2 aliphatic rings. The van der Waals surface area contributed by atoms with Gasteiger partial charge in [0.15, 0.2) is 0 Å². The molecule has 0 spiro atoms. The minimum Gasteiger partial charge on any atom is -0.299 e. The first-order valence-electron chi connectivity index (χ1n) is 10.0. The molecule has 0 saturated carbocycles. The van der Waals surface area contributed by atoms with Crippen LogP contribution in [0.15, 0.2) is 66.7 Å². The second kappa shape index (κ2) is 8.05. The first kappa shape index (κ1) is 17.3. The van der Waals surface area contributed by atoms with E-state index in [2.05, 4.69) is 78.6 Å². The summed E-state index contributed by atoms with van der Waals surface area (Å²) >= 11 is 0. The van der Waals surface area contributed by atoms with Gasteiger partial charge < -0.3 is 0 Å². The van der Waals surface area contributed by atoms with Crippen molar-refractivity contribution in [3.8, 4) is 0 Å². The highest BCUT2D eigenvalue weighted by molar-refractivity contribution is 5.69. The monoisotopic (exact) mass is 343 g/mol. The van der Waals surface area contributed by atoms with Gasteiger partial charge in [-0.25, -0.2) is 0 Å². The number of hydrogen-bond acceptors (Lipinski definition) is 1. The first-order valence-corrected chi connectivity index (χ1v) is 10.0. The van der Waals surface area contributed by atoms with Crippen molar-refractivity contribution >= 4 is 11.1 Å². The fraction of sp³-hybridized carbons (Fsp3) is 0.360. The molecule has 2 aromatic carbocycles. The van der Waals surface area contributed by atoms with Gasteiger partial charge in [-0.2, -0.15) is 0 Å². The van der Waals surface area contributed by atoms with Gasteiger partial charge in [0.25, 0.3) is 0 Å². The summed E-state index contributed by atoms with van der Waals surface area (Å²) in [5.41, 5.74) is 7.35. The van der Waals surface area contributed by atoms with Gasteiger partial charge in [0.2, 0.25) is 0 Å². The molecule has 0 amide bonds. The van der Waals surface area contributed by atoms with Gasteiger partial charge in [-0.3, -0.25) is 4.90 Å². The van der Waals surface area contributed by atoms with E-state index >= 15 is 0 Å². The third-order valence-corrected chi connectivity index (χ3v) is 5.92. The largest absolute Gasteiger partial charge is 0.299 e. The minimum atomic E-state index is 0.793. The van der Waals surface area contributed by atoms with Gasteiger partial charge in [0.05, 0.1) is 0 Å². The van der Waals surface area contributed by atoms with Crippen LogP contribution in [0.5, 0.6) is 0 Å². The number of hydrogen-bond donors (Lipinski definition) is 0. The van der Waals surface area contributed by atoms with Gasteiger partial charge in [-0.1, -0.05) is 66.7 Å². The molecule has 0 unspecified atom stereocenters. The molecule has 0 radical (unpaired) electrons. The van der Waals surface area contributed by atoms with Crippen molar-refractivity contribution in [2.45, 2.75) is 32.6 Å². The zero-order valence-electron chi connectivity index (χ0n) is 15.8. The minimum absolute atomic E-state index is 0.793. The van der Waals surface area contributed by atoms with E-state index in [1.54, 1.807) is 5.57 Å². The summed E-state index contributed by atoms with van der Waals surface area (Å²) < 4.78 is 0. The number of nitrogens with zero attached hydrogens (tertiary/aromatic N) is 1. The Morgan fingerprint density at radius 1 is 0.923 bits per heavy atom. The normalized spacial score (nSPS) is 21.2. The van der Waals surface area contributed by atoms with Crippen LogP contribution in [0.2, 0.25) is 0 Å². The van der Waals surface area contributed by atoms with E-state index in [1.807, 2.05) is 0 Å². The molecule has 1 nitrogen and oxygen atoms in total. The Kier molecular flexibility index (Phi) is 5.36. The highest BCUT2D eigenvalue weighted by atomic mass is 15.1. The lowest BCUT2D eigenvalue weighted by Crippen LogP contribution is -2.34. The molecule has 0 aromatic heterocycles. The summed E-state index contributed by atoms with van der Waals surface area (Å²) in [6, 6.07) is 19.7. The van der Waals surface area contributed by atoms with Crippen LogP contribution in [-0.4, -0.2) is 24.5 Å². The number of benzene rings is 2. The Morgan fingerprint density at radius 2 is 1.73 bits per heavy atom. The predicted molar refractivity (Wildman–Crippen MR) is 112 cm³/mol. The Labute approximate surface area is 158 Å². The lowest BCUT2D eigenvalue weighted by Gasteiger charge is -2.32. The molecule has 0 fully saturated rings. The van der Waals surface area contributed by atoms with Crippen LogP contribution < -0.4 is 0 Å². The van der Waals surface area contributed by atoms with Crippen LogP contribution in [0.3, 0.4) is 0 Å². The maximum atomic E-state index is 2.65. The smallest absolute Gasteiger partial charge is 0.0169 e. The van der Waals surface area contributed by atoms with Crippen molar-refractivity contribution in [1.82, 2.24) is 4.90 Å². The van der Waals surface area contributed by atoms with E-state index in [9.17, 15) is 0 Å². The highest BCUT2D eigenvalue weighted by Crippen LogP contribution is 2.33. The zero-order valence-corrected chi connectivity index (χ0v) is 15.8. The van der Waals surface area contributed by atoms with Crippen molar-refractivity contribution in [3.63, 3.8) is 0 Å². The molecule has 134 valence electrons. The van der Waals surface area contributed by atoms with Crippen LogP contribution in [0.25, 0.3) is 11.1 Å². The summed E-state index contributed by atoms with van der Waals surface area (Å²) in [5.74, 6) is 0.793. The van der Waals surface area contributed by atoms with E-state index in [-0.39, 0.29) is 0 Å². The molecule has 26 heavy (non-hydrogen) atoms. The van der Waals surface area contributed by atoms with Gasteiger partial charge >= 0.3 is 0 Å². The summed E-state index contributed by atoms with van der Waals surface area (Å²) in [6.45, 7) is 5.77. The van der Waals surface area contributed by atoms with Gasteiger partial charge in [0, 0.05) is 19.6 Å². The predicted octanol–water partition coefficient (Wildman–Crippen LogP) is 5.97. The van der Waals surface area contributed by atoms with Gasteiger partial charge in [-0.15, -0.1) is 0 Å². The molecular formula is C25H29N. The third kappa shape index (κ3) is 3.99. The fourth-order valence-corrected chi connectivity index (χ4v) is 4.46. The lowest BCUT2D eigenvalue weighted by molar-refractivity contribution is 0.244. The Hall–Kier alpha value is -2.12. The van der Waals surface area contributed by atoms with Crippen molar-refractivity contribution in [3.05, 3.63) is 83.4 Å². The molecule has 1 aliphatic heterocycles. The van der Waals surface area contributed by atoms with E-state index in [0.29, 0.717) is 0 Å². The quantitative estimate of drug-likeness (QED) is 0.661. The number of allylic oxidation sites excluding steroid dienone is 2. The molecule has 0 N–H and O–H groups in total. The molecule has 4 rings (SSSR count). The number of aryl methyl sites for hydroxylation is 1. The van der Waals surface area contributed by atoms with Crippen LogP contribution in [0.4, 0.5) is 0 Å². The molecule has 1 heterocycles.